The molecule has 2 aromatic rings. The fourth-order valence-electron chi connectivity index (χ4n) is 2.92. The lowest BCUT2D eigenvalue weighted by Crippen LogP contribution is -2.24. The molecule has 1 unspecified atom stereocenters. The largest absolute Gasteiger partial charge is 0.376 e. The average molecular weight is 376 g/mol. The molecule has 1 aromatic carbocycles. The first-order valence-corrected chi connectivity index (χ1v) is 9.20. The van der Waals surface area contributed by atoms with Gasteiger partial charge < -0.3 is 10.1 Å². The van der Waals surface area contributed by atoms with Gasteiger partial charge in [0.2, 0.25) is 5.91 Å². The molecule has 6 nitrogen and oxygen atoms in total. The van der Waals surface area contributed by atoms with E-state index in [-0.39, 0.29) is 30.6 Å². The first kappa shape index (κ1) is 18.6. The van der Waals surface area contributed by atoms with Crippen molar-refractivity contribution in [1.29, 1.82) is 0 Å². The van der Waals surface area contributed by atoms with Crippen LogP contribution >= 0.6 is 11.6 Å². The topological polar surface area (TPSA) is 73.2 Å². The second kappa shape index (κ2) is 8.96. The van der Waals surface area contributed by atoms with E-state index >= 15 is 0 Å². The van der Waals surface area contributed by atoms with Gasteiger partial charge in [-0.25, -0.2) is 0 Å². The molecule has 1 aliphatic rings. The fraction of sp³-hybridized carbons (Fsp3) is 0.421. The zero-order valence-corrected chi connectivity index (χ0v) is 15.2. The van der Waals surface area contributed by atoms with Gasteiger partial charge in [0.25, 0.3) is 0 Å². The van der Waals surface area contributed by atoms with Gasteiger partial charge in [-0.2, -0.15) is 5.10 Å². The lowest BCUT2D eigenvalue weighted by Gasteiger charge is -2.22. The van der Waals surface area contributed by atoms with E-state index in [0.29, 0.717) is 22.8 Å². The highest BCUT2D eigenvalue weighted by Gasteiger charge is 2.15. The number of hydrogen-bond donors (Lipinski definition) is 1. The van der Waals surface area contributed by atoms with E-state index in [2.05, 4.69) is 10.4 Å². The molecule has 0 radical (unpaired) electrons. The number of ketones is 1. The number of Topliss-reactive ketones (excluding diaryl/α,β-unsaturated/α-hetero) is 1. The van der Waals surface area contributed by atoms with Crippen molar-refractivity contribution in [2.24, 2.45) is 0 Å². The Balaban J connectivity index is 1.44. The number of hydrogen-bond acceptors (Lipinski definition) is 4. The zero-order valence-electron chi connectivity index (χ0n) is 14.5. The number of benzene rings is 1. The van der Waals surface area contributed by atoms with Gasteiger partial charge in [0.1, 0.15) is 0 Å². The van der Waals surface area contributed by atoms with Crippen molar-refractivity contribution in [1.82, 2.24) is 9.78 Å². The van der Waals surface area contributed by atoms with Crippen LogP contribution in [0.1, 0.15) is 42.5 Å². The summed E-state index contributed by atoms with van der Waals surface area (Å²) in [5.74, 6) is -0.289. The summed E-state index contributed by atoms with van der Waals surface area (Å²) in [6, 6.07) is 6.67. The number of carbonyl (C=O) groups excluding carboxylic acids is 2. The Morgan fingerprint density at radius 3 is 2.77 bits per heavy atom. The molecule has 1 saturated heterocycles. The number of anilines is 1. The second-order valence-electron chi connectivity index (χ2n) is 6.42. The van der Waals surface area contributed by atoms with E-state index in [1.54, 1.807) is 41.3 Å². The van der Waals surface area contributed by atoms with E-state index in [0.717, 1.165) is 19.4 Å². The molecule has 26 heavy (non-hydrogen) atoms. The van der Waals surface area contributed by atoms with Gasteiger partial charge >= 0.3 is 0 Å². The van der Waals surface area contributed by atoms with Crippen molar-refractivity contribution < 1.29 is 14.3 Å². The molecule has 3 rings (SSSR count). The van der Waals surface area contributed by atoms with Crippen molar-refractivity contribution in [2.75, 3.05) is 11.9 Å². The van der Waals surface area contributed by atoms with Crippen molar-refractivity contribution in [3.63, 3.8) is 0 Å². The van der Waals surface area contributed by atoms with Crippen LogP contribution in [-0.2, 0) is 16.1 Å². The van der Waals surface area contributed by atoms with Gasteiger partial charge in [-0.05, 0) is 43.5 Å². The molecule has 1 atom stereocenters. The highest BCUT2D eigenvalue weighted by atomic mass is 35.5. The molecule has 1 amide bonds. The van der Waals surface area contributed by atoms with Crippen molar-refractivity contribution in [2.45, 2.75) is 44.8 Å². The Morgan fingerprint density at radius 1 is 1.23 bits per heavy atom. The number of amides is 1. The number of rotatable bonds is 7. The number of halogens is 1. The van der Waals surface area contributed by atoms with E-state index in [9.17, 15) is 9.59 Å². The van der Waals surface area contributed by atoms with Crippen molar-refractivity contribution in [3.8, 4) is 0 Å². The summed E-state index contributed by atoms with van der Waals surface area (Å²) in [6.45, 7) is 1.49. The highest BCUT2D eigenvalue weighted by molar-refractivity contribution is 6.30. The van der Waals surface area contributed by atoms with Crippen LogP contribution in [0.4, 0.5) is 5.69 Å². The number of ether oxygens (including phenoxy) is 1. The molecule has 0 spiro atoms. The van der Waals surface area contributed by atoms with Crippen LogP contribution in [0.3, 0.4) is 0 Å². The number of carbonyl (C=O) groups is 2. The minimum absolute atomic E-state index is 0.0815. The van der Waals surface area contributed by atoms with Crippen LogP contribution in [0, 0.1) is 0 Å². The Hall–Kier alpha value is -2.18. The number of nitrogens with one attached hydrogen (secondary N) is 1. The quantitative estimate of drug-likeness (QED) is 0.749. The molecule has 0 saturated carbocycles. The molecule has 1 N–H and O–H groups in total. The molecular weight excluding hydrogens is 354 g/mol. The first-order valence-electron chi connectivity index (χ1n) is 8.83. The average Bonchev–Trinajstić information content (AvgIpc) is 3.08. The standard InChI is InChI=1S/C19H22ClN3O3/c20-15-6-4-14(5-7-15)18(24)8-9-19(25)22-16-11-21-23(12-16)13-17-3-1-2-10-26-17/h4-7,11-12,17H,1-3,8-10,13H2,(H,22,25). The maximum atomic E-state index is 12.1. The van der Waals surface area contributed by atoms with E-state index in [4.69, 9.17) is 16.3 Å². The SMILES string of the molecule is O=C(CCC(=O)c1ccc(Cl)cc1)Nc1cnn(CC2CCCCO2)c1. The third-order valence-electron chi connectivity index (χ3n) is 4.33. The Kier molecular flexibility index (Phi) is 6.41. The van der Waals surface area contributed by atoms with E-state index < -0.39 is 0 Å². The monoisotopic (exact) mass is 375 g/mol. The molecule has 1 aromatic heterocycles. The molecule has 138 valence electrons. The molecule has 2 heterocycles. The minimum atomic E-state index is -0.208. The molecule has 7 heteroatoms. The smallest absolute Gasteiger partial charge is 0.224 e. The van der Waals surface area contributed by atoms with Gasteiger partial charge in [-0.15, -0.1) is 0 Å². The van der Waals surface area contributed by atoms with Crippen molar-refractivity contribution >= 4 is 29.0 Å². The van der Waals surface area contributed by atoms with Gasteiger partial charge in [-0.3, -0.25) is 14.3 Å². The van der Waals surface area contributed by atoms with E-state index in [1.807, 2.05) is 0 Å². The predicted octanol–water partition coefficient (Wildman–Crippen LogP) is 3.71. The van der Waals surface area contributed by atoms with Gasteiger partial charge in [0.05, 0.1) is 24.5 Å². The van der Waals surface area contributed by atoms with Crippen LogP contribution in [0.15, 0.2) is 36.7 Å². The summed E-state index contributed by atoms with van der Waals surface area (Å²) in [5.41, 5.74) is 1.19. The summed E-state index contributed by atoms with van der Waals surface area (Å²) < 4.78 is 7.47. The second-order valence-corrected chi connectivity index (χ2v) is 6.85. The normalized spacial score (nSPS) is 17.0. The molecule has 1 fully saturated rings. The number of aromatic nitrogens is 2. The van der Waals surface area contributed by atoms with Crippen molar-refractivity contribution in [3.05, 3.63) is 47.2 Å². The van der Waals surface area contributed by atoms with Crippen LogP contribution in [0.2, 0.25) is 5.02 Å². The summed E-state index contributed by atoms with van der Waals surface area (Å²) in [4.78, 5) is 24.1. The predicted molar refractivity (Wildman–Crippen MR) is 99.5 cm³/mol. The first-order chi connectivity index (χ1) is 12.6. The molecule has 1 aliphatic heterocycles. The lowest BCUT2D eigenvalue weighted by atomic mass is 10.1. The molecule has 0 aliphatic carbocycles. The number of nitrogens with zero attached hydrogens (tertiary/aromatic N) is 2. The maximum absolute atomic E-state index is 12.1. The van der Waals surface area contributed by atoms with Crippen LogP contribution in [-0.4, -0.2) is 34.2 Å². The van der Waals surface area contributed by atoms with Gasteiger partial charge in [0.15, 0.2) is 5.78 Å². The molecular formula is C19H22ClN3O3. The summed E-state index contributed by atoms with van der Waals surface area (Å²) in [7, 11) is 0. The Labute approximate surface area is 157 Å². The zero-order chi connectivity index (χ0) is 18.4. The van der Waals surface area contributed by atoms with Gasteiger partial charge in [-0.1, -0.05) is 11.6 Å². The highest BCUT2D eigenvalue weighted by Crippen LogP contribution is 2.16. The van der Waals surface area contributed by atoms with Crippen LogP contribution in [0.5, 0.6) is 0 Å². The maximum Gasteiger partial charge on any atom is 0.224 e. The van der Waals surface area contributed by atoms with E-state index in [1.165, 1.54) is 6.42 Å². The van der Waals surface area contributed by atoms with Crippen LogP contribution in [0.25, 0.3) is 0 Å². The third-order valence-corrected chi connectivity index (χ3v) is 4.58. The summed E-state index contributed by atoms with van der Waals surface area (Å²) in [5, 5.41) is 7.61. The summed E-state index contributed by atoms with van der Waals surface area (Å²) >= 11 is 5.81. The van der Waals surface area contributed by atoms with Crippen LogP contribution < -0.4 is 5.32 Å². The summed E-state index contributed by atoms with van der Waals surface area (Å²) in [6.07, 6.45) is 7.19. The minimum Gasteiger partial charge on any atom is -0.376 e. The van der Waals surface area contributed by atoms with Gasteiger partial charge in [0, 0.05) is 36.2 Å². The Morgan fingerprint density at radius 2 is 2.04 bits per heavy atom. The Bertz CT molecular complexity index is 752. The molecule has 0 bridgehead atoms. The fourth-order valence-corrected chi connectivity index (χ4v) is 3.04. The third kappa shape index (κ3) is 5.41. The lowest BCUT2D eigenvalue weighted by molar-refractivity contribution is -0.116.